The molecule has 0 radical (unpaired) electrons. The van der Waals surface area contributed by atoms with Crippen molar-refractivity contribution in [3.05, 3.63) is 46.3 Å². The molecular formula is C26H31NO8. The maximum atomic E-state index is 13.7. The molecule has 0 saturated heterocycles. The number of ketones is 1. The molecule has 0 unspecified atom stereocenters. The number of hydrogen-bond donors (Lipinski definition) is 1. The van der Waals surface area contributed by atoms with Crippen molar-refractivity contribution in [2.45, 2.75) is 39.5 Å². The van der Waals surface area contributed by atoms with E-state index >= 15 is 0 Å². The summed E-state index contributed by atoms with van der Waals surface area (Å²) in [7, 11) is 1.27. The number of dihydropyridines is 1. The van der Waals surface area contributed by atoms with Crippen LogP contribution in [0.1, 0.15) is 45.1 Å². The van der Waals surface area contributed by atoms with E-state index in [1.807, 2.05) is 13.8 Å². The third-order valence-electron chi connectivity index (χ3n) is 6.50. The van der Waals surface area contributed by atoms with E-state index in [0.717, 1.165) is 6.42 Å². The fourth-order valence-corrected chi connectivity index (χ4v) is 4.89. The van der Waals surface area contributed by atoms with Gasteiger partial charge in [-0.1, -0.05) is 19.9 Å². The van der Waals surface area contributed by atoms with Crippen LogP contribution in [0.2, 0.25) is 0 Å². The maximum Gasteiger partial charge on any atom is 0.336 e. The molecule has 0 aromatic heterocycles. The molecule has 1 N–H and O–H groups in total. The first-order valence-electron chi connectivity index (χ1n) is 11.8. The Balaban J connectivity index is 1.74. The Kier molecular flexibility index (Phi) is 7.45. The smallest absolute Gasteiger partial charge is 0.336 e. The van der Waals surface area contributed by atoms with Crippen LogP contribution in [0.4, 0.5) is 0 Å². The zero-order valence-corrected chi connectivity index (χ0v) is 20.5. The average Bonchev–Trinajstić information content (AvgIpc) is 3.30. The van der Waals surface area contributed by atoms with E-state index in [0.29, 0.717) is 52.6 Å². The number of carbonyl (C=O) groups is 3. The molecule has 3 atom stereocenters. The molecule has 1 aromatic carbocycles. The van der Waals surface area contributed by atoms with E-state index in [4.69, 9.17) is 23.7 Å². The topological polar surface area (TPSA) is 109 Å². The number of nitrogens with one attached hydrogen (secondary N) is 1. The van der Waals surface area contributed by atoms with Crippen molar-refractivity contribution < 1.29 is 38.1 Å². The minimum absolute atomic E-state index is 0.0884. The van der Waals surface area contributed by atoms with Crippen molar-refractivity contribution in [1.29, 1.82) is 0 Å². The number of esters is 2. The first kappa shape index (κ1) is 24.8. The van der Waals surface area contributed by atoms with Gasteiger partial charge in [0.1, 0.15) is 12.5 Å². The average molecular weight is 486 g/mol. The zero-order chi connectivity index (χ0) is 25.1. The summed E-state index contributed by atoms with van der Waals surface area (Å²) in [6.07, 6.45) is 1.33. The number of ether oxygens (including phenoxy) is 5. The van der Waals surface area contributed by atoms with Gasteiger partial charge >= 0.3 is 11.9 Å². The van der Waals surface area contributed by atoms with E-state index in [1.54, 1.807) is 25.1 Å². The Bertz CT molecular complexity index is 1090. The lowest BCUT2D eigenvalue weighted by molar-refractivity contribution is -0.151. The quantitative estimate of drug-likeness (QED) is 0.338. The Labute approximate surface area is 204 Å². The van der Waals surface area contributed by atoms with Gasteiger partial charge in [0.25, 0.3) is 0 Å². The molecule has 9 nitrogen and oxygen atoms in total. The number of fused-ring (bicyclic) bond motifs is 1. The highest BCUT2D eigenvalue weighted by molar-refractivity contribution is 6.12. The fourth-order valence-electron chi connectivity index (χ4n) is 4.89. The predicted octanol–water partition coefficient (Wildman–Crippen LogP) is 3.00. The van der Waals surface area contributed by atoms with Gasteiger partial charge in [-0.15, -0.1) is 0 Å². The summed E-state index contributed by atoms with van der Waals surface area (Å²) in [6, 6.07) is 5.33. The van der Waals surface area contributed by atoms with Crippen molar-refractivity contribution >= 4 is 17.7 Å². The van der Waals surface area contributed by atoms with Crippen molar-refractivity contribution in [3.63, 3.8) is 0 Å². The second kappa shape index (κ2) is 10.5. The molecule has 35 heavy (non-hydrogen) atoms. The Morgan fingerprint density at radius 1 is 1.14 bits per heavy atom. The van der Waals surface area contributed by atoms with Crippen LogP contribution in [0.25, 0.3) is 0 Å². The number of Topliss-reactive ketones (excluding diaryl/α,β-unsaturated/α-hetero) is 1. The lowest BCUT2D eigenvalue weighted by Gasteiger charge is -2.38. The minimum Gasteiger partial charge on any atom is -0.468 e. The standard InChI is InChI=1S/C26H31NO8/c1-5-8-32-9-10-33-26(30)21-15(3)27-17-11-14(2)20(25(29)31-4)24(28)23(17)22(21)16-6-7-18-19(12-16)35-13-34-18/h6-7,12,14,20,22,27H,5,8-11,13H2,1-4H3/t14-,20-,22+/m1/s1. The molecule has 0 saturated carbocycles. The summed E-state index contributed by atoms with van der Waals surface area (Å²) in [6.45, 7) is 6.68. The second-order valence-corrected chi connectivity index (χ2v) is 8.90. The van der Waals surface area contributed by atoms with Gasteiger partial charge in [0.05, 0.1) is 19.3 Å². The summed E-state index contributed by atoms with van der Waals surface area (Å²) < 4.78 is 26.9. The molecule has 0 fully saturated rings. The minimum atomic E-state index is -0.949. The number of hydrogen-bond acceptors (Lipinski definition) is 9. The van der Waals surface area contributed by atoms with E-state index in [-0.39, 0.29) is 31.7 Å². The van der Waals surface area contributed by atoms with Crippen LogP contribution in [0, 0.1) is 11.8 Å². The highest BCUT2D eigenvalue weighted by Gasteiger charge is 2.47. The van der Waals surface area contributed by atoms with E-state index in [1.165, 1.54) is 7.11 Å². The van der Waals surface area contributed by atoms with Gasteiger partial charge in [-0.2, -0.15) is 0 Å². The van der Waals surface area contributed by atoms with Gasteiger partial charge in [0.15, 0.2) is 17.3 Å². The van der Waals surface area contributed by atoms with Crippen molar-refractivity contribution in [2.24, 2.45) is 11.8 Å². The van der Waals surface area contributed by atoms with Gasteiger partial charge < -0.3 is 29.0 Å². The van der Waals surface area contributed by atoms with Crippen LogP contribution in [0.15, 0.2) is 40.7 Å². The molecule has 9 heteroatoms. The zero-order valence-electron chi connectivity index (χ0n) is 20.5. The van der Waals surface area contributed by atoms with Crippen molar-refractivity contribution in [3.8, 4) is 11.5 Å². The summed E-state index contributed by atoms with van der Waals surface area (Å²) in [5, 5.41) is 3.25. The monoisotopic (exact) mass is 485 g/mol. The first-order chi connectivity index (χ1) is 16.9. The van der Waals surface area contributed by atoms with Crippen LogP contribution in [-0.2, 0) is 28.6 Å². The van der Waals surface area contributed by atoms with Crippen LogP contribution in [0.5, 0.6) is 11.5 Å². The molecule has 1 aromatic rings. The van der Waals surface area contributed by atoms with Crippen LogP contribution in [-0.4, -0.2) is 51.4 Å². The van der Waals surface area contributed by atoms with E-state index < -0.39 is 23.8 Å². The van der Waals surface area contributed by atoms with Gasteiger partial charge in [-0.3, -0.25) is 9.59 Å². The Hall–Kier alpha value is -3.33. The van der Waals surface area contributed by atoms with E-state index in [9.17, 15) is 14.4 Å². The van der Waals surface area contributed by atoms with Crippen LogP contribution >= 0.6 is 0 Å². The van der Waals surface area contributed by atoms with Crippen LogP contribution in [0.3, 0.4) is 0 Å². The number of rotatable bonds is 8. The third-order valence-corrected chi connectivity index (χ3v) is 6.50. The number of methoxy groups -OCH3 is 1. The summed E-state index contributed by atoms with van der Waals surface area (Å²) >= 11 is 0. The largest absolute Gasteiger partial charge is 0.468 e. The molecule has 0 amide bonds. The first-order valence-corrected chi connectivity index (χ1v) is 11.8. The highest BCUT2D eigenvalue weighted by atomic mass is 16.7. The Morgan fingerprint density at radius 2 is 1.91 bits per heavy atom. The highest BCUT2D eigenvalue weighted by Crippen LogP contribution is 2.47. The van der Waals surface area contributed by atoms with Crippen LogP contribution < -0.4 is 14.8 Å². The molecule has 2 heterocycles. The molecule has 3 aliphatic rings. The number of carbonyl (C=O) groups excluding carboxylic acids is 3. The lowest BCUT2D eigenvalue weighted by Crippen LogP contribution is -2.43. The molecule has 188 valence electrons. The second-order valence-electron chi connectivity index (χ2n) is 8.90. The SMILES string of the molecule is CCCOCCOC(=O)C1=C(C)NC2=C(C(=O)[C@H](C(=O)OC)[C@H](C)C2)[C@H]1c1ccc2c(c1)OCO2. The molecule has 4 rings (SSSR count). The summed E-state index contributed by atoms with van der Waals surface area (Å²) in [4.78, 5) is 39.6. The number of allylic oxidation sites excluding steroid dienone is 3. The fraction of sp³-hybridized carbons (Fsp3) is 0.500. The maximum absolute atomic E-state index is 13.7. The third kappa shape index (κ3) is 4.77. The predicted molar refractivity (Wildman–Crippen MR) is 125 cm³/mol. The van der Waals surface area contributed by atoms with Crippen molar-refractivity contribution in [1.82, 2.24) is 5.32 Å². The molecule has 2 aliphatic heterocycles. The number of benzene rings is 1. The van der Waals surface area contributed by atoms with Crippen molar-refractivity contribution in [2.75, 3.05) is 33.7 Å². The van der Waals surface area contributed by atoms with Gasteiger partial charge in [0, 0.05) is 29.5 Å². The molecule has 0 bridgehead atoms. The molecule has 0 spiro atoms. The van der Waals surface area contributed by atoms with Gasteiger partial charge in [-0.05, 0) is 43.4 Å². The lowest BCUT2D eigenvalue weighted by atomic mass is 9.69. The molecular weight excluding hydrogens is 454 g/mol. The summed E-state index contributed by atoms with van der Waals surface area (Å²) in [5.41, 5.74) is 2.65. The normalized spacial score (nSPS) is 23.1. The van der Waals surface area contributed by atoms with Gasteiger partial charge in [0.2, 0.25) is 6.79 Å². The molecule has 1 aliphatic carbocycles. The Morgan fingerprint density at radius 3 is 2.66 bits per heavy atom. The summed E-state index contributed by atoms with van der Waals surface area (Å²) in [5.74, 6) is -2.31. The van der Waals surface area contributed by atoms with Gasteiger partial charge in [-0.25, -0.2) is 4.79 Å². The van der Waals surface area contributed by atoms with E-state index in [2.05, 4.69) is 5.32 Å².